The maximum Gasteiger partial charge on any atom is 0.163 e. The number of benzene rings is 1. The number of ether oxygens (including phenoxy) is 1. The Labute approximate surface area is 120 Å². The molecule has 1 heterocycles. The van der Waals surface area contributed by atoms with Crippen LogP contribution in [0.1, 0.15) is 42.1 Å². The van der Waals surface area contributed by atoms with Gasteiger partial charge in [-0.2, -0.15) is 5.26 Å². The predicted molar refractivity (Wildman–Crippen MR) is 76.9 cm³/mol. The fourth-order valence-electron chi connectivity index (χ4n) is 2.65. The van der Waals surface area contributed by atoms with E-state index in [9.17, 15) is 4.79 Å². The number of hydrogen-bond donors (Lipinski definition) is 0. The summed E-state index contributed by atoms with van der Waals surface area (Å²) >= 11 is 0. The minimum atomic E-state index is -0.0394. The zero-order chi connectivity index (χ0) is 14.5. The van der Waals surface area contributed by atoms with Gasteiger partial charge in [0.25, 0.3) is 0 Å². The molecule has 0 bridgehead atoms. The average molecular weight is 272 g/mol. The molecule has 1 aromatic rings. The minimum absolute atomic E-state index is 0.0394. The van der Waals surface area contributed by atoms with Crippen molar-refractivity contribution in [1.29, 1.82) is 5.26 Å². The standard InChI is InChI=1S/C16H20N2O2/c1-12(19)15-6-5-13(11-17)10-16(15)20-9-7-14-4-3-8-18(14)2/h5-6,10,14H,3-4,7-9H2,1-2H3. The van der Waals surface area contributed by atoms with E-state index in [0.29, 0.717) is 29.5 Å². The number of nitrogens with zero attached hydrogens (tertiary/aromatic N) is 2. The first-order valence-corrected chi connectivity index (χ1v) is 7.00. The van der Waals surface area contributed by atoms with E-state index in [1.807, 2.05) is 0 Å². The topological polar surface area (TPSA) is 53.3 Å². The summed E-state index contributed by atoms with van der Waals surface area (Å²) in [5, 5.41) is 8.93. The summed E-state index contributed by atoms with van der Waals surface area (Å²) in [6, 6.07) is 7.60. The van der Waals surface area contributed by atoms with E-state index >= 15 is 0 Å². The molecular weight excluding hydrogens is 252 g/mol. The fourth-order valence-corrected chi connectivity index (χ4v) is 2.65. The van der Waals surface area contributed by atoms with Crippen LogP contribution in [0.25, 0.3) is 0 Å². The van der Waals surface area contributed by atoms with Gasteiger partial charge < -0.3 is 9.64 Å². The van der Waals surface area contributed by atoms with Crippen LogP contribution in [-0.2, 0) is 0 Å². The van der Waals surface area contributed by atoms with Crippen LogP contribution in [0.2, 0.25) is 0 Å². The molecule has 1 atom stereocenters. The molecule has 0 radical (unpaired) electrons. The molecule has 1 saturated heterocycles. The summed E-state index contributed by atoms with van der Waals surface area (Å²) in [7, 11) is 2.13. The molecule has 2 rings (SSSR count). The van der Waals surface area contributed by atoms with Gasteiger partial charge >= 0.3 is 0 Å². The molecule has 1 unspecified atom stereocenters. The third kappa shape index (κ3) is 3.37. The van der Waals surface area contributed by atoms with Crippen LogP contribution in [0.4, 0.5) is 0 Å². The van der Waals surface area contributed by atoms with Crippen LogP contribution in [0.15, 0.2) is 18.2 Å². The van der Waals surface area contributed by atoms with Gasteiger partial charge in [-0.05, 0) is 58.0 Å². The lowest BCUT2D eigenvalue weighted by atomic mass is 10.1. The lowest BCUT2D eigenvalue weighted by Crippen LogP contribution is -2.26. The van der Waals surface area contributed by atoms with E-state index in [1.165, 1.54) is 19.8 Å². The van der Waals surface area contributed by atoms with Gasteiger partial charge in [0.15, 0.2) is 5.78 Å². The number of hydrogen-bond acceptors (Lipinski definition) is 4. The highest BCUT2D eigenvalue weighted by atomic mass is 16.5. The quantitative estimate of drug-likeness (QED) is 0.773. The third-order valence-corrected chi connectivity index (χ3v) is 3.87. The Morgan fingerprint density at radius 2 is 2.35 bits per heavy atom. The number of nitriles is 1. The molecule has 106 valence electrons. The van der Waals surface area contributed by atoms with Crippen molar-refractivity contribution in [3.8, 4) is 11.8 Å². The first-order valence-electron chi connectivity index (χ1n) is 7.00. The van der Waals surface area contributed by atoms with Gasteiger partial charge in [0.2, 0.25) is 0 Å². The Kier molecular flexibility index (Phi) is 4.75. The molecule has 4 heteroatoms. The van der Waals surface area contributed by atoms with Crippen molar-refractivity contribution >= 4 is 5.78 Å². The van der Waals surface area contributed by atoms with Crippen LogP contribution in [-0.4, -0.2) is 36.9 Å². The zero-order valence-corrected chi connectivity index (χ0v) is 12.1. The van der Waals surface area contributed by atoms with Crippen molar-refractivity contribution in [3.63, 3.8) is 0 Å². The molecular formula is C16H20N2O2. The summed E-state index contributed by atoms with van der Waals surface area (Å²) in [6.07, 6.45) is 3.39. The van der Waals surface area contributed by atoms with Gasteiger partial charge in [0, 0.05) is 6.04 Å². The molecule has 0 aliphatic carbocycles. The van der Waals surface area contributed by atoms with Gasteiger partial charge in [-0.1, -0.05) is 0 Å². The Morgan fingerprint density at radius 3 is 2.95 bits per heavy atom. The largest absolute Gasteiger partial charge is 0.493 e. The molecule has 0 spiro atoms. The van der Waals surface area contributed by atoms with Crippen molar-refractivity contribution in [1.82, 2.24) is 4.90 Å². The molecule has 0 aromatic heterocycles. The van der Waals surface area contributed by atoms with E-state index < -0.39 is 0 Å². The molecule has 20 heavy (non-hydrogen) atoms. The lowest BCUT2D eigenvalue weighted by molar-refractivity contribution is 0.101. The molecule has 1 fully saturated rings. The van der Waals surface area contributed by atoms with Crippen molar-refractivity contribution in [2.24, 2.45) is 0 Å². The molecule has 1 aromatic carbocycles. The lowest BCUT2D eigenvalue weighted by Gasteiger charge is -2.19. The Morgan fingerprint density at radius 1 is 1.55 bits per heavy atom. The Hall–Kier alpha value is -1.86. The van der Waals surface area contributed by atoms with Gasteiger partial charge in [0.1, 0.15) is 5.75 Å². The van der Waals surface area contributed by atoms with Crippen LogP contribution in [0, 0.1) is 11.3 Å². The monoisotopic (exact) mass is 272 g/mol. The number of likely N-dealkylation sites (tertiary alicyclic amines) is 1. The minimum Gasteiger partial charge on any atom is -0.493 e. The SMILES string of the molecule is CC(=O)c1ccc(C#N)cc1OCCC1CCCN1C. The molecule has 1 aliphatic heterocycles. The van der Waals surface area contributed by atoms with E-state index in [1.54, 1.807) is 18.2 Å². The summed E-state index contributed by atoms with van der Waals surface area (Å²) in [6.45, 7) is 3.23. The second-order valence-electron chi connectivity index (χ2n) is 5.29. The smallest absolute Gasteiger partial charge is 0.163 e. The Balaban J connectivity index is 2.00. The number of ketones is 1. The zero-order valence-electron chi connectivity index (χ0n) is 12.1. The van der Waals surface area contributed by atoms with Crippen LogP contribution >= 0.6 is 0 Å². The van der Waals surface area contributed by atoms with Gasteiger partial charge in [-0.15, -0.1) is 0 Å². The molecule has 0 amide bonds. The highest BCUT2D eigenvalue weighted by Crippen LogP contribution is 2.23. The average Bonchev–Trinajstić information content (AvgIpc) is 2.84. The second kappa shape index (κ2) is 6.53. The Bertz CT molecular complexity index is 534. The van der Waals surface area contributed by atoms with Crippen LogP contribution < -0.4 is 4.74 Å². The highest BCUT2D eigenvalue weighted by Gasteiger charge is 2.20. The maximum absolute atomic E-state index is 11.6. The van der Waals surface area contributed by atoms with E-state index in [2.05, 4.69) is 18.0 Å². The number of Topliss-reactive ketones (excluding diaryl/α,β-unsaturated/α-hetero) is 1. The van der Waals surface area contributed by atoms with Crippen molar-refractivity contribution < 1.29 is 9.53 Å². The van der Waals surface area contributed by atoms with E-state index in [0.717, 1.165) is 13.0 Å². The maximum atomic E-state index is 11.6. The highest BCUT2D eigenvalue weighted by molar-refractivity contribution is 5.97. The van der Waals surface area contributed by atoms with E-state index in [-0.39, 0.29) is 5.78 Å². The van der Waals surface area contributed by atoms with Gasteiger partial charge in [-0.3, -0.25) is 4.79 Å². The van der Waals surface area contributed by atoms with Gasteiger partial charge in [0.05, 0.1) is 23.8 Å². The van der Waals surface area contributed by atoms with E-state index in [4.69, 9.17) is 10.00 Å². The normalized spacial score (nSPS) is 18.8. The third-order valence-electron chi connectivity index (χ3n) is 3.87. The predicted octanol–water partition coefficient (Wildman–Crippen LogP) is 2.62. The second-order valence-corrected chi connectivity index (χ2v) is 5.29. The number of carbonyl (C=O) groups is 1. The molecule has 4 nitrogen and oxygen atoms in total. The first kappa shape index (κ1) is 14.5. The van der Waals surface area contributed by atoms with Crippen molar-refractivity contribution in [2.75, 3.05) is 20.2 Å². The summed E-state index contributed by atoms with van der Waals surface area (Å²) in [5.74, 6) is 0.486. The molecule has 0 N–H and O–H groups in total. The summed E-state index contributed by atoms with van der Waals surface area (Å²) in [4.78, 5) is 13.9. The molecule has 1 aliphatic rings. The molecule has 0 saturated carbocycles. The van der Waals surface area contributed by atoms with Gasteiger partial charge in [-0.25, -0.2) is 0 Å². The van der Waals surface area contributed by atoms with Crippen molar-refractivity contribution in [2.45, 2.75) is 32.2 Å². The van der Waals surface area contributed by atoms with Crippen LogP contribution in [0.5, 0.6) is 5.75 Å². The summed E-state index contributed by atoms with van der Waals surface area (Å²) < 4.78 is 5.75. The fraction of sp³-hybridized carbons (Fsp3) is 0.500. The van der Waals surface area contributed by atoms with Crippen LogP contribution in [0.3, 0.4) is 0 Å². The summed E-state index contributed by atoms with van der Waals surface area (Å²) in [5.41, 5.74) is 1.06. The number of carbonyl (C=O) groups excluding carboxylic acids is 1. The van der Waals surface area contributed by atoms with Crippen molar-refractivity contribution in [3.05, 3.63) is 29.3 Å². The first-order chi connectivity index (χ1) is 9.61. The number of rotatable bonds is 5.